The minimum Gasteiger partial charge on any atom is -0.393 e. The molecule has 0 bridgehead atoms. The fourth-order valence-corrected chi connectivity index (χ4v) is 2.84. The monoisotopic (exact) mass is 252 g/mol. The van der Waals surface area contributed by atoms with Crippen LogP contribution in [0.4, 0.5) is 0 Å². The Balaban J connectivity index is 1.58. The lowest BCUT2D eigenvalue weighted by Crippen LogP contribution is -2.17. The fourth-order valence-electron chi connectivity index (χ4n) is 2.84. The van der Waals surface area contributed by atoms with Gasteiger partial charge in [0.2, 0.25) is 5.89 Å². The topological polar surface area (TPSA) is 68.4 Å². The normalized spacial score (nSPS) is 32.8. The van der Waals surface area contributed by atoms with Crippen LogP contribution in [0.3, 0.4) is 0 Å². The van der Waals surface area contributed by atoms with Gasteiger partial charge in [0.05, 0.1) is 6.10 Å². The Bertz CT molecular complexity index is 379. The second-order valence-corrected chi connectivity index (χ2v) is 5.49. The molecule has 0 amide bonds. The molecule has 1 aliphatic heterocycles. The Labute approximate surface area is 107 Å². The molecule has 100 valence electrons. The lowest BCUT2D eigenvalue weighted by molar-refractivity contribution is 0.116. The van der Waals surface area contributed by atoms with Gasteiger partial charge < -0.3 is 14.4 Å². The number of nitrogens with zero attached hydrogens (tertiary/aromatic N) is 2. The van der Waals surface area contributed by atoms with Crippen molar-refractivity contribution in [2.75, 3.05) is 13.2 Å². The summed E-state index contributed by atoms with van der Waals surface area (Å²) in [6, 6.07) is 0. The summed E-state index contributed by atoms with van der Waals surface area (Å²) in [7, 11) is 0. The molecule has 0 spiro atoms. The van der Waals surface area contributed by atoms with Gasteiger partial charge in [0.15, 0.2) is 5.82 Å². The van der Waals surface area contributed by atoms with Crippen LogP contribution in [0.1, 0.15) is 49.7 Å². The van der Waals surface area contributed by atoms with Crippen LogP contribution in [0.15, 0.2) is 4.52 Å². The van der Waals surface area contributed by atoms with Crippen molar-refractivity contribution in [3.8, 4) is 0 Å². The molecule has 3 rings (SSSR count). The van der Waals surface area contributed by atoms with E-state index in [2.05, 4.69) is 10.1 Å². The number of aromatic nitrogens is 2. The number of aliphatic hydroxyl groups is 1. The summed E-state index contributed by atoms with van der Waals surface area (Å²) >= 11 is 0. The van der Waals surface area contributed by atoms with Crippen molar-refractivity contribution >= 4 is 0 Å². The summed E-state index contributed by atoms with van der Waals surface area (Å²) in [5.41, 5.74) is 0. The van der Waals surface area contributed by atoms with Gasteiger partial charge in [-0.05, 0) is 38.0 Å². The minimum atomic E-state index is -0.140. The first-order valence-corrected chi connectivity index (χ1v) is 6.89. The highest BCUT2D eigenvalue weighted by molar-refractivity contribution is 4.97. The van der Waals surface area contributed by atoms with Gasteiger partial charge >= 0.3 is 0 Å². The zero-order chi connectivity index (χ0) is 12.4. The predicted molar refractivity (Wildman–Crippen MR) is 64.1 cm³/mol. The van der Waals surface area contributed by atoms with Crippen LogP contribution in [0.2, 0.25) is 0 Å². The van der Waals surface area contributed by atoms with Gasteiger partial charge in [-0.2, -0.15) is 4.98 Å². The maximum absolute atomic E-state index is 9.49. The zero-order valence-corrected chi connectivity index (χ0v) is 10.5. The molecule has 18 heavy (non-hydrogen) atoms. The lowest BCUT2D eigenvalue weighted by Gasteiger charge is -2.22. The van der Waals surface area contributed by atoms with Crippen LogP contribution in [0, 0.1) is 5.92 Å². The molecule has 1 unspecified atom stereocenters. The van der Waals surface area contributed by atoms with Gasteiger partial charge in [0.25, 0.3) is 0 Å². The summed E-state index contributed by atoms with van der Waals surface area (Å²) in [5, 5.41) is 13.6. The van der Waals surface area contributed by atoms with E-state index in [1.54, 1.807) is 0 Å². The second kappa shape index (κ2) is 5.36. The Morgan fingerprint density at radius 1 is 1.17 bits per heavy atom. The van der Waals surface area contributed by atoms with Crippen LogP contribution in [0.5, 0.6) is 0 Å². The molecule has 1 aliphatic carbocycles. The third kappa shape index (κ3) is 2.72. The van der Waals surface area contributed by atoms with E-state index in [1.807, 2.05) is 0 Å². The molecule has 1 aromatic rings. The molecule has 1 saturated carbocycles. The van der Waals surface area contributed by atoms with Crippen molar-refractivity contribution in [1.82, 2.24) is 10.1 Å². The van der Waals surface area contributed by atoms with E-state index in [4.69, 9.17) is 9.26 Å². The average Bonchev–Trinajstić information content (AvgIpc) is 3.02. The van der Waals surface area contributed by atoms with Gasteiger partial charge in [0.1, 0.15) is 0 Å². The maximum atomic E-state index is 9.49. The van der Waals surface area contributed by atoms with Crippen LogP contribution >= 0.6 is 0 Å². The van der Waals surface area contributed by atoms with Crippen molar-refractivity contribution < 1.29 is 14.4 Å². The molecule has 2 fully saturated rings. The highest BCUT2D eigenvalue weighted by atomic mass is 16.5. The van der Waals surface area contributed by atoms with E-state index >= 15 is 0 Å². The molecule has 5 nitrogen and oxygen atoms in total. The van der Waals surface area contributed by atoms with Crippen LogP contribution in [-0.2, 0) is 11.2 Å². The van der Waals surface area contributed by atoms with Crippen molar-refractivity contribution in [2.45, 2.75) is 50.5 Å². The van der Waals surface area contributed by atoms with Crippen molar-refractivity contribution in [2.24, 2.45) is 5.92 Å². The van der Waals surface area contributed by atoms with Crippen LogP contribution < -0.4 is 0 Å². The van der Waals surface area contributed by atoms with Gasteiger partial charge in [-0.25, -0.2) is 0 Å². The maximum Gasteiger partial charge on any atom is 0.229 e. The minimum absolute atomic E-state index is 0.140. The van der Waals surface area contributed by atoms with E-state index in [0.29, 0.717) is 11.8 Å². The SMILES string of the molecule is OC1CCC(c2nc(CC3CCOC3)no2)CC1. The van der Waals surface area contributed by atoms with E-state index in [0.717, 1.165) is 63.5 Å². The third-order valence-corrected chi connectivity index (χ3v) is 4.02. The Kier molecular flexibility index (Phi) is 3.61. The van der Waals surface area contributed by atoms with Crippen molar-refractivity contribution in [3.63, 3.8) is 0 Å². The zero-order valence-electron chi connectivity index (χ0n) is 10.5. The van der Waals surface area contributed by atoms with Gasteiger partial charge in [0, 0.05) is 25.6 Å². The first kappa shape index (κ1) is 12.1. The molecular weight excluding hydrogens is 232 g/mol. The molecule has 1 atom stereocenters. The predicted octanol–water partition coefficient (Wildman–Crippen LogP) is 1.67. The highest BCUT2D eigenvalue weighted by Crippen LogP contribution is 2.32. The fraction of sp³-hybridized carbons (Fsp3) is 0.846. The molecular formula is C13H20N2O3. The molecule has 1 aromatic heterocycles. The van der Waals surface area contributed by atoms with E-state index in [-0.39, 0.29) is 6.10 Å². The Morgan fingerprint density at radius 3 is 2.72 bits per heavy atom. The second-order valence-electron chi connectivity index (χ2n) is 5.49. The Hall–Kier alpha value is -0.940. The number of hydrogen-bond donors (Lipinski definition) is 1. The smallest absolute Gasteiger partial charge is 0.229 e. The number of ether oxygens (including phenoxy) is 1. The molecule has 0 radical (unpaired) electrons. The van der Waals surface area contributed by atoms with Gasteiger partial charge in [-0.15, -0.1) is 0 Å². The van der Waals surface area contributed by atoms with Crippen molar-refractivity contribution in [1.29, 1.82) is 0 Å². The standard InChI is InChI=1S/C13H20N2O3/c16-11-3-1-10(2-4-11)13-14-12(15-18-13)7-9-5-6-17-8-9/h9-11,16H,1-8H2. The van der Waals surface area contributed by atoms with E-state index < -0.39 is 0 Å². The van der Waals surface area contributed by atoms with E-state index in [1.165, 1.54) is 0 Å². The largest absolute Gasteiger partial charge is 0.393 e. The summed E-state index contributed by atoms with van der Waals surface area (Å²) < 4.78 is 10.7. The number of aliphatic hydroxyl groups excluding tert-OH is 1. The van der Waals surface area contributed by atoms with Crippen LogP contribution in [0.25, 0.3) is 0 Å². The molecule has 5 heteroatoms. The average molecular weight is 252 g/mol. The quantitative estimate of drug-likeness (QED) is 0.886. The summed E-state index contributed by atoms with van der Waals surface area (Å²) in [5.74, 6) is 2.46. The molecule has 0 aromatic carbocycles. The first-order valence-electron chi connectivity index (χ1n) is 6.89. The first-order chi connectivity index (χ1) is 8.81. The Morgan fingerprint density at radius 2 is 2.00 bits per heavy atom. The van der Waals surface area contributed by atoms with Gasteiger partial charge in [-0.3, -0.25) is 0 Å². The number of rotatable bonds is 3. The van der Waals surface area contributed by atoms with Crippen LogP contribution in [-0.4, -0.2) is 34.6 Å². The molecule has 2 aliphatic rings. The van der Waals surface area contributed by atoms with Crippen molar-refractivity contribution in [3.05, 3.63) is 11.7 Å². The molecule has 2 heterocycles. The third-order valence-electron chi connectivity index (χ3n) is 4.02. The lowest BCUT2D eigenvalue weighted by atomic mass is 9.87. The summed E-state index contributed by atoms with van der Waals surface area (Å²) in [4.78, 5) is 4.51. The summed E-state index contributed by atoms with van der Waals surface area (Å²) in [6.45, 7) is 1.68. The summed E-state index contributed by atoms with van der Waals surface area (Å²) in [6.07, 6.45) is 5.42. The van der Waals surface area contributed by atoms with Gasteiger partial charge in [-0.1, -0.05) is 5.16 Å². The molecule has 1 N–H and O–H groups in total. The van der Waals surface area contributed by atoms with E-state index in [9.17, 15) is 5.11 Å². The highest BCUT2D eigenvalue weighted by Gasteiger charge is 2.26. The molecule has 1 saturated heterocycles. The number of hydrogen-bond acceptors (Lipinski definition) is 5.